The molecule has 9 heteroatoms. The van der Waals surface area contributed by atoms with Crippen LogP contribution in [0.3, 0.4) is 0 Å². The van der Waals surface area contributed by atoms with Crippen LogP contribution in [0.5, 0.6) is 46.0 Å². The van der Waals surface area contributed by atoms with Gasteiger partial charge in [-0.25, -0.2) is 0 Å². The molecule has 0 radical (unpaired) electrons. The fraction of sp³-hybridized carbons (Fsp3) is 0.172. The van der Waals surface area contributed by atoms with Crippen molar-refractivity contribution < 1.29 is 38.8 Å². The number of benzene rings is 8. The van der Waals surface area contributed by atoms with E-state index in [1.165, 1.54) is 0 Å². The zero-order valence-electron chi connectivity index (χ0n) is 39.0. The summed E-state index contributed by atoms with van der Waals surface area (Å²) in [5, 5.41) is 38.1. The second-order valence-corrected chi connectivity index (χ2v) is 21.4. The number of hydrogen-bond acceptors (Lipinski definition) is 8. The molecule has 8 aromatic carbocycles. The first-order chi connectivity index (χ1) is 32.4. The monoisotopic (exact) mass is 912 g/mol. The van der Waals surface area contributed by atoms with Crippen molar-refractivity contribution >= 4 is 28.0 Å². The molecular formula is C58H57O8P. The van der Waals surface area contributed by atoms with Crippen molar-refractivity contribution in [3.63, 3.8) is 0 Å². The van der Waals surface area contributed by atoms with E-state index in [-0.39, 0.29) is 23.7 Å². The average molecular weight is 913 g/mol. The summed E-state index contributed by atoms with van der Waals surface area (Å²) in [7, 11) is 6.61. The normalized spacial score (nSPS) is 11.9. The van der Waals surface area contributed by atoms with Crippen molar-refractivity contribution in [1.29, 1.82) is 0 Å². The molecule has 8 nitrogen and oxygen atoms in total. The molecule has 0 spiro atoms. The zero-order chi connectivity index (χ0) is 47.3. The molecule has 0 fully saturated rings. The van der Waals surface area contributed by atoms with Crippen LogP contribution in [0, 0.1) is 20.8 Å². The van der Waals surface area contributed by atoms with Crippen molar-refractivity contribution in [2.45, 2.75) is 40.0 Å². The van der Waals surface area contributed by atoms with E-state index in [1.807, 2.05) is 112 Å². The molecule has 0 aliphatic heterocycles. The molecule has 8 rings (SSSR count). The van der Waals surface area contributed by atoms with Crippen molar-refractivity contribution in [2.24, 2.45) is 0 Å². The van der Waals surface area contributed by atoms with Crippen LogP contribution >= 0.6 is 6.83 Å². The summed E-state index contributed by atoms with van der Waals surface area (Å²) in [4.78, 5) is 0. The Balaban J connectivity index is 1.48. The van der Waals surface area contributed by atoms with Gasteiger partial charge in [0.25, 0.3) is 0 Å². The van der Waals surface area contributed by atoms with Crippen LogP contribution in [-0.2, 0) is 19.3 Å². The van der Waals surface area contributed by atoms with Gasteiger partial charge >= 0.3 is 395 Å². The number of aromatic hydroxyl groups is 3. The number of phenols is 3. The van der Waals surface area contributed by atoms with Gasteiger partial charge in [-0.2, -0.15) is 0 Å². The molecule has 8 aromatic rings. The topological polar surface area (TPSA) is 107 Å². The first-order valence-electron chi connectivity index (χ1n) is 22.2. The molecule has 0 heterocycles. The maximum atomic E-state index is 12.3. The van der Waals surface area contributed by atoms with Gasteiger partial charge in [-0.15, -0.1) is 0 Å². The number of para-hydroxylation sites is 1. The summed E-state index contributed by atoms with van der Waals surface area (Å²) in [6.45, 7) is 1.43. The van der Waals surface area contributed by atoms with Gasteiger partial charge in [0, 0.05) is 0 Å². The molecule has 0 aromatic heterocycles. The van der Waals surface area contributed by atoms with Gasteiger partial charge in [0.15, 0.2) is 0 Å². The predicted octanol–water partition coefficient (Wildman–Crippen LogP) is 10.7. The fourth-order valence-electron chi connectivity index (χ4n) is 9.32. The molecule has 0 aliphatic carbocycles. The molecule has 3 N–H and O–H groups in total. The van der Waals surface area contributed by atoms with Crippen LogP contribution in [0.2, 0.25) is 0 Å². The Bertz CT molecular complexity index is 2820. The molecule has 0 atom stereocenters. The number of rotatable bonds is 16. The van der Waals surface area contributed by atoms with Gasteiger partial charge in [-0.3, -0.25) is 0 Å². The average Bonchev–Trinajstić information content (AvgIpc) is 3.35. The van der Waals surface area contributed by atoms with E-state index in [1.54, 1.807) is 40.6 Å². The van der Waals surface area contributed by atoms with Crippen molar-refractivity contribution in [3.8, 4) is 46.0 Å². The molecule has 0 bridgehead atoms. The third kappa shape index (κ3) is 8.73. The number of aryl methyl sites for hydroxylation is 3. The van der Waals surface area contributed by atoms with Crippen LogP contribution in [0.1, 0.15) is 50.1 Å². The summed E-state index contributed by atoms with van der Waals surface area (Å²) in [5.41, 5.74) is 7.50. The Morgan fingerprint density at radius 3 is 1.01 bits per heavy atom. The van der Waals surface area contributed by atoms with E-state index < -0.39 is 6.83 Å². The first-order valence-corrected chi connectivity index (χ1v) is 24.3. The Morgan fingerprint density at radius 1 is 0.358 bits per heavy atom. The Labute approximate surface area is 393 Å². The molecule has 0 amide bonds. The molecule has 67 heavy (non-hydrogen) atoms. The standard InChI is InChI=1S/C58H57O8P/c1-38-11-29-55(59)43(31-38)35-41-9-8-10-42(36-45-33-40(3)34-46(57(45)61)37-44-32-39(2)12-30-56(44)60)58(41)66-67(51-21-13-47(62-4)14-22-51,52-23-15-48(63-5)16-24-52,53-25-17-49(64-6)18-26-53)54-27-19-50(65-7)20-28-54/h8-34,59-61H,35-37H2,1-7H3. The van der Waals surface area contributed by atoms with E-state index in [0.717, 1.165) is 60.2 Å². The minimum absolute atomic E-state index is 0.146. The Hall–Kier alpha value is -7.41. The van der Waals surface area contributed by atoms with Crippen molar-refractivity contribution in [3.05, 3.63) is 214 Å². The molecule has 0 saturated carbocycles. The Morgan fingerprint density at radius 2 is 0.672 bits per heavy atom. The van der Waals surface area contributed by atoms with Gasteiger partial charge in [0.1, 0.15) is 0 Å². The molecule has 0 unspecified atom stereocenters. The molecule has 0 saturated heterocycles. The van der Waals surface area contributed by atoms with Crippen molar-refractivity contribution in [2.75, 3.05) is 28.4 Å². The number of methoxy groups -OCH3 is 4. The summed E-state index contributed by atoms with van der Waals surface area (Å²) in [6.07, 6.45) is 0.953. The summed E-state index contributed by atoms with van der Waals surface area (Å²) in [5.74, 6) is 3.82. The van der Waals surface area contributed by atoms with Crippen LogP contribution in [0.4, 0.5) is 0 Å². The Kier molecular flexibility index (Phi) is 13.2. The predicted molar refractivity (Wildman–Crippen MR) is 271 cm³/mol. The number of phenolic OH excluding ortho intramolecular Hbond substituents is 3. The van der Waals surface area contributed by atoms with Crippen molar-refractivity contribution in [1.82, 2.24) is 0 Å². The van der Waals surface area contributed by atoms with Crippen LogP contribution in [0.15, 0.2) is 164 Å². The molecular weight excluding hydrogens is 856 g/mol. The summed E-state index contributed by atoms with van der Waals surface area (Å²) >= 11 is 0. The molecule has 342 valence electrons. The first kappa shape index (κ1) is 46.1. The van der Waals surface area contributed by atoms with Gasteiger partial charge in [-0.1, -0.05) is 0 Å². The summed E-state index contributed by atoms with van der Waals surface area (Å²) < 4.78 is 31.6. The fourth-order valence-corrected chi connectivity index (χ4v) is 15.0. The SMILES string of the molecule is COc1ccc(P(Oc2c(Cc3cc(C)ccc3O)cccc2Cc2cc(C)cc(Cc3cc(C)ccc3O)c2O)(c2ccc(OC)cc2)(c2ccc(OC)cc2)c2ccc(OC)cc2)cc1. The van der Waals surface area contributed by atoms with Crippen LogP contribution in [0.25, 0.3) is 0 Å². The van der Waals surface area contributed by atoms with E-state index in [2.05, 4.69) is 60.7 Å². The van der Waals surface area contributed by atoms with Crippen LogP contribution < -0.4 is 44.7 Å². The van der Waals surface area contributed by atoms with E-state index in [9.17, 15) is 15.3 Å². The zero-order valence-corrected chi connectivity index (χ0v) is 39.9. The maximum absolute atomic E-state index is 12.3. The second kappa shape index (κ2) is 19.2. The summed E-state index contributed by atoms with van der Waals surface area (Å²) in [6, 6.07) is 53.7. The van der Waals surface area contributed by atoms with E-state index in [0.29, 0.717) is 52.7 Å². The van der Waals surface area contributed by atoms with Gasteiger partial charge < -0.3 is 0 Å². The number of hydrogen-bond donors (Lipinski definition) is 3. The molecule has 0 aliphatic rings. The third-order valence-electron chi connectivity index (χ3n) is 12.7. The van der Waals surface area contributed by atoms with E-state index in [4.69, 9.17) is 23.5 Å². The minimum atomic E-state index is -4.59. The van der Waals surface area contributed by atoms with Gasteiger partial charge in [0.05, 0.1) is 0 Å². The van der Waals surface area contributed by atoms with Gasteiger partial charge in [0.2, 0.25) is 0 Å². The van der Waals surface area contributed by atoms with Gasteiger partial charge in [-0.05, 0) is 0 Å². The second-order valence-electron chi connectivity index (χ2n) is 17.1. The van der Waals surface area contributed by atoms with E-state index >= 15 is 0 Å². The van der Waals surface area contributed by atoms with Crippen LogP contribution in [-0.4, -0.2) is 43.8 Å². The number of ether oxygens (including phenoxy) is 4. The third-order valence-corrected chi connectivity index (χ3v) is 18.4. The quantitative estimate of drug-likeness (QED) is 0.0823.